The summed E-state index contributed by atoms with van der Waals surface area (Å²) >= 11 is 0. The molecule has 1 spiro atoms. The van der Waals surface area contributed by atoms with Crippen LogP contribution in [0.5, 0.6) is 5.75 Å². The molecule has 224 valence electrons. The summed E-state index contributed by atoms with van der Waals surface area (Å²) in [7, 11) is 3.54. The molecular weight excluding hydrogens is 563 g/mol. The Kier molecular flexibility index (Phi) is 7.04. The average molecular weight is 594 g/mol. The average Bonchev–Trinajstić information content (AvgIpc) is 3.58. The first-order chi connectivity index (χ1) is 20.5. The van der Waals surface area contributed by atoms with E-state index in [0.29, 0.717) is 0 Å². The minimum absolute atomic E-state index is 0.148. The number of aromatic nitrogens is 2. The van der Waals surface area contributed by atoms with Crippen molar-refractivity contribution in [3.63, 3.8) is 0 Å². The van der Waals surface area contributed by atoms with Crippen molar-refractivity contribution >= 4 is 34.2 Å². The molecule has 1 saturated heterocycles. The predicted molar refractivity (Wildman–Crippen MR) is 156 cm³/mol. The summed E-state index contributed by atoms with van der Waals surface area (Å²) in [5.74, 6) is -1.65. The van der Waals surface area contributed by atoms with Crippen LogP contribution in [0.25, 0.3) is 22.2 Å². The van der Waals surface area contributed by atoms with Crippen molar-refractivity contribution in [1.29, 1.82) is 0 Å². The summed E-state index contributed by atoms with van der Waals surface area (Å²) in [5, 5.41) is 19.5. The lowest BCUT2D eigenvalue weighted by Gasteiger charge is -2.29. The first-order valence-electron chi connectivity index (χ1n) is 13.9. The van der Waals surface area contributed by atoms with Gasteiger partial charge in [0, 0.05) is 61.5 Å². The molecule has 1 amide bonds. The van der Waals surface area contributed by atoms with Gasteiger partial charge < -0.3 is 25.0 Å². The van der Waals surface area contributed by atoms with Crippen molar-refractivity contribution in [3.8, 4) is 17.0 Å². The molecule has 2 aliphatic heterocycles. The summed E-state index contributed by atoms with van der Waals surface area (Å²) in [5.41, 5.74) is 7.06. The number of aromatic amines is 1. The van der Waals surface area contributed by atoms with E-state index < -0.39 is 17.6 Å². The van der Waals surface area contributed by atoms with Gasteiger partial charge in [-0.05, 0) is 53.9 Å². The van der Waals surface area contributed by atoms with Gasteiger partial charge in [-0.2, -0.15) is 18.3 Å². The number of methoxy groups -OCH3 is 1. The number of nitrogens with one attached hydrogen (secondary N) is 2. The molecule has 3 heterocycles. The first-order valence-corrected chi connectivity index (χ1v) is 13.9. The van der Waals surface area contributed by atoms with Crippen LogP contribution < -0.4 is 19.9 Å². The molecule has 4 aromatic rings. The maximum Gasteiger partial charge on any atom is 0.490 e. The van der Waals surface area contributed by atoms with Crippen LogP contribution in [-0.2, 0) is 15.0 Å². The van der Waals surface area contributed by atoms with Crippen LogP contribution in [0.3, 0.4) is 0 Å². The quantitative estimate of drug-likeness (QED) is 0.315. The van der Waals surface area contributed by atoms with E-state index >= 15 is 0 Å². The molecule has 3 N–H and O–H groups in total. The van der Waals surface area contributed by atoms with Gasteiger partial charge in [0.05, 0.1) is 23.7 Å². The van der Waals surface area contributed by atoms with E-state index in [0.717, 1.165) is 71.8 Å². The van der Waals surface area contributed by atoms with E-state index in [2.05, 4.69) is 62.9 Å². The number of likely N-dealkylation sites (N-methyl/N-ethyl adjacent to an activating group) is 1. The van der Waals surface area contributed by atoms with E-state index in [1.165, 1.54) is 11.3 Å². The van der Waals surface area contributed by atoms with Crippen molar-refractivity contribution in [1.82, 2.24) is 15.5 Å². The molecule has 1 aliphatic carbocycles. The zero-order chi connectivity index (χ0) is 30.5. The number of carbonyl (C=O) groups is 2. The third kappa shape index (κ3) is 4.95. The van der Waals surface area contributed by atoms with Crippen LogP contribution in [-0.4, -0.2) is 73.7 Å². The number of amides is 1. The van der Waals surface area contributed by atoms with Crippen molar-refractivity contribution in [2.75, 3.05) is 50.1 Å². The maximum absolute atomic E-state index is 13.4. The number of halogens is 3. The molecular formula is C31H30F3N5O4. The Balaban J connectivity index is 0.000000423. The number of aliphatic carboxylic acids is 1. The second kappa shape index (κ2) is 10.6. The Hall–Kier alpha value is -4.58. The highest BCUT2D eigenvalue weighted by Crippen LogP contribution is 2.66. The number of piperazine rings is 1. The topological polar surface area (TPSA) is 111 Å². The third-order valence-electron chi connectivity index (χ3n) is 8.55. The molecule has 1 saturated carbocycles. The Labute approximate surface area is 245 Å². The smallest absolute Gasteiger partial charge is 0.490 e. The SMILES string of the molecule is COc1ccc2c(c1)[C@]1(C[C@H]1c1ccc3c(-c4ccc(N5CCNCC5)cc4)n[nH]c3c1)C(=O)N2C.O=C(O)C(F)(F)F. The van der Waals surface area contributed by atoms with Gasteiger partial charge in [-0.1, -0.05) is 24.3 Å². The molecule has 0 radical (unpaired) electrons. The van der Waals surface area contributed by atoms with Gasteiger partial charge in [0.2, 0.25) is 5.91 Å². The number of fused-ring (bicyclic) bond motifs is 3. The number of H-pyrrole nitrogens is 1. The van der Waals surface area contributed by atoms with E-state index in [1.54, 1.807) is 12.0 Å². The minimum Gasteiger partial charge on any atom is -0.497 e. The molecule has 7 rings (SSSR count). The number of anilines is 2. The lowest BCUT2D eigenvalue weighted by molar-refractivity contribution is -0.192. The zero-order valence-electron chi connectivity index (χ0n) is 23.5. The third-order valence-corrected chi connectivity index (χ3v) is 8.55. The fraction of sp³-hybridized carbons (Fsp3) is 0.323. The molecule has 0 unspecified atom stereocenters. The molecule has 2 fully saturated rings. The normalized spacial score (nSPS) is 21.0. The van der Waals surface area contributed by atoms with Crippen molar-refractivity contribution < 1.29 is 32.6 Å². The maximum atomic E-state index is 13.4. The van der Waals surface area contributed by atoms with Gasteiger partial charge in [0.15, 0.2) is 0 Å². The number of hydrogen-bond donors (Lipinski definition) is 3. The number of carboxylic acids is 1. The summed E-state index contributed by atoms with van der Waals surface area (Å²) in [4.78, 5) is 26.5. The van der Waals surface area contributed by atoms with Crippen molar-refractivity contribution in [3.05, 3.63) is 71.8 Å². The lowest BCUT2D eigenvalue weighted by Crippen LogP contribution is -2.43. The predicted octanol–water partition coefficient (Wildman–Crippen LogP) is 4.68. The lowest BCUT2D eigenvalue weighted by atomic mass is 9.91. The van der Waals surface area contributed by atoms with Gasteiger partial charge in [0.25, 0.3) is 0 Å². The summed E-state index contributed by atoms with van der Waals surface area (Å²) in [6.07, 6.45) is -4.27. The summed E-state index contributed by atoms with van der Waals surface area (Å²) in [6, 6.07) is 21.1. The molecule has 9 nitrogen and oxygen atoms in total. The Morgan fingerprint density at radius 3 is 2.42 bits per heavy atom. The largest absolute Gasteiger partial charge is 0.497 e. The number of hydrogen-bond acceptors (Lipinski definition) is 6. The van der Waals surface area contributed by atoms with Gasteiger partial charge in [-0.3, -0.25) is 9.89 Å². The van der Waals surface area contributed by atoms with Gasteiger partial charge in [0.1, 0.15) is 5.75 Å². The van der Waals surface area contributed by atoms with Gasteiger partial charge >= 0.3 is 12.1 Å². The van der Waals surface area contributed by atoms with E-state index in [-0.39, 0.29) is 11.8 Å². The molecule has 2 atom stereocenters. The fourth-order valence-corrected chi connectivity index (χ4v) is 6.24. The second-order valence-electron chi connectivity index (χ2n) is 10.9. The van der Waals surface area contributed by atoms with Crippen molar-refractivity contribution in [2.24, 2.45) is 0 Å². The van der Waals surface area contributed by atoms with Crippen LogP contribution in [0.4, 0.5) is 24.5 Å². The highest BCUT2D eigenvalue weighted by molar-refractivity contribution is 6.11. The zero-order valence-corrected chi connectivity index (χ0v) is 23.5. The number of carbonyl (C=O) groups excluding carboxylic acids is 1. The molecule has 0 bridgehead atoms. The Morgan fingerprint density at radius 1 is 1.07 bits per heavy atom. The summed E-state index contributed by atoms with van der Waals surface area (Å²) < 4.78 is 37.2. The Morgan fingerprint density at radius 2 is 1.77 bits per heavy atom. The standard InChI is InChI=1S/C29H29N5O2.C2HF3O2/c1-33-26-10-8-21(36-2)16-23(26)29(28(33)35)17-24(29)19-5-9-22-25(15-19)31-32-27(22)18-3-6-20(7-4-18)34-13-11-30-12-14-34;3-2(4,5)1(6)7/h3-10,15-16,24,30H,11-14,17H2,1-2H3,(H,31,32);(H,6,7)/t24-,29-;/m0./s1. The molecule has 3 aromatic carbocycles. The highest BCUT2D eigenvalue weighted by Gasteiger charge is 2.66. The molecule has 43 heavy (non-hydrogen) atoms. The Bertz CT molecular complexity index is 1700. The number of rotatable bonds is 4. The summed E-state index contributed by atoms with van der Waals surface area (Å²) in [6.45, 7) is 4.12. The molecule has 3 aliphatic rings. The van der Waals surface area contributed by atoms with Crippen LogP contribution in [0.1, 0.15) is 23.5 Å². The van der Waals surface area contributed by atoms with E-state index in [1.807, 2.05) is 25.2 Å². The minimum atomic E-state index is -5.08. The highest BCUT2D eigenvalue weighted by atomic mass is 19.4. The first kappa shape index (κ1) is 28.5. The number of nitrogens with zero attached hydrogens (tertiary/aromatic N) is 3. The number of alkyl halides is 3. The van der Waals surface area contributed by atoms with Crippen molar-refractivity contribution in [2.45, 2.75) is 23.9 Å². The number of benzene rings is 3. The number of ether oxygens (including phenoxy) is 1. The van der Waals surface area contributed by atoms with Gasteiger partial charge in [-0.25, -0.2) is 4.79 Å². The molecule has 12 heteroatoms. The van der Waals surface area contributed by atoms with Crippen LogP contribution in [0, 0.1) is 0 Å². The van der Waals surface area contributed by atoms with Crippen LogP contribution in [0.2, 0.25) is 0 Å². The van der Waals surface area contributed by atoms with E-state index in [4.69, 9.17) is 14.6 Å². The second-order valence-corrected chi connectivity index (χ2v) is 10.9. The van der Waals surface area contributed by atoms with Crippen LogP contribution in [0.15, 0.2) is 60.7 Å². The molecule has 1 aromatic heterocycles. The van der Waals surface area contributed by atoms with E-state index in [9.17, 15) is 18.0 Å². The monoisotopic (exact) mass is 593 g/mol. The fourth-order valence-electron chi connectivity index (χ4n) is 6.24. The number of carboxylic acid groups (broad SMARTS) is 1. The van der Waals surface area contributed by atoms with Gasteiger partial charge in [-0.15, -0.1) is 0 Å². The van der Waals surface area contributed by atoms with Crippen LogP contribution >= 0.6 is 0 Å².